The SMILES string of the molecule is CC1CCC(C#N)(NS(C)(=O)=O)CC1. The number of nitrogens with one attached hydrogen (secondary N) is 1. The van der Waals surface area contributed by atoms with Crippen LogP contribution in [-0.4, -0.2) is 20.2 Å². The Kier molecular flexibility index (Phi) is 3.17. The van der Waals surface area contributed by atoms with Crippen molar-refractivity contribution in [2.75, 3.05) is 6.26 Å². The van der Waals surface area contributed by atoms with E-state index in [9.17, 15) is 8.42 Å². The van der Waals surface area contributed by atoms with E-state index >= 15 is 0 Å². The summed E-state index contributed by atoms with van der Waals surface area (Å²) in [5, 5.41) is 9.01. The van der Waals surface area contributed by atoms with Gasteiger partial charge in [-0.1, -0.05) is 6.92 Å². The highest BCUT2D eigenvalue weighted by atomic mass is 32.2. The molecule has 0 atom stereocenters. The largest absolute Gasteiger partial charge is 0.213 e. The van der Waals surface area contributed by atoms with Crippen molar-refractivity contribution in [2.45, 2.75) is 38.1 Å². The van der Waals surface area contributed by atoms with Crippen molar-refractivity contribution >= 4 is 10.0 Å². The fourth-order valence-electron chi connectivity index (χ4n) is 1.85. The van der Waals surface area contributed by atoms with Gasteiger partial charge in [-0.25, -0.2) is 8.42 Å². The first-order valence-electron chi connectivity index (χ1n) is 4.77. The summed E-state index contributed by atoms with van der Waals surface area (Å²) in [6.45, 7) is 2.13. The number of hydrogen-bond donors (Lipinski definition) is 1. The number of nitrogens with zero attached hydrogens (tertiary/aromatic N) is 1. The molecular weight excluding hydrogens is 200 g/mol. The van der Waals surface area contributed by atoms with E-state index in [0.717, 1.165) is 19.1 Å². The molecule has 80 valence electrons. The summed E-state index contributed by atoms with van der Waals surface area (Å²) < 4.78 is 24.6. The molecule has 0 aromatic heterocycles. The summed E-state index contributed by atoms with van der Waals surface area (Å²) in [5.41, 5.74) is -0.847. The van der Waals surface area contributed by atoms with Crippen molar-refractivity contribution < 1.29 is 8.42 Å². The van der Waals surface area contributed by atoms with Crippen LogP contribution in [0, 0.1) is 17.2 Å². The minimum Gasteiger partial charge on any atom is -0.213 e. The minimum atomic E-state index is -3.28. The van der Waals surface area contributed by atoms with Gasteiger partial charge >= 0.3 is 0 Å². The highest BCUT2D eigenvalue weighted by Gasteiger charge is 2.36. The third-order valence-corrected chi connectivity index (χ3v) is 3.48. The van der Waals surface area contributed by atoms with E-state index in [1.54, 1.807) is 0 Å². The third-order valence-electron chi connectivity index (χ3n) is 2.72. The van der Waals surface area contributed by atoms with Crippen LogP contribution in [0.4, 0.5) is 0 Å². The van der Waals surface area contributed by atoms with Gasteiger partial charge in [0.05, 0.1) is 12.3 Å². The average molecular weight is 216 g/mol. The number of hydrogen-bond acceptors (Lipinski definition) is 3. The van der Waals surface area contributed by atoms with Gasteiger partial charge in [-0.3, -0.25) is 0 Å². The molecule has 0 aromatic carbocycles. The summed E-state index contributed by atoms with van der Waals surface area (Å²) in [4.78, 5) is 0. The highest BCUT2D eigenvalue weighted by Crippen LogP contribution is 2.31. The van der Waals surface area contributed by atoms with Gasteiger partial charge in [-0.15, -0.1) is 0 Å². The van der Waals surface area contributed by atoms with Crippen molar-refractivity contribution in [3.8, 4) is 6.07 Å². The fraction of sp³-hybridized carbons (Fsp3) is 0.889. The monoisotopic (exact) mass is 216 g/mol. The van der Waals surface area contributed by atoms with Crippen LogP contribution in [0.1, 0.15) is 32.6 Å². The molecule has 1 saturated carbocycles. The van der Waals surface area contributed by atoms with Crippen LogP contribution in [0.3, 0.4) is 0 Å². The quantitative estimate of drug-likeness (QED) is 0.748. The van der Waals surface area contributed by atoms with Gasteiger partial charge in [0, 0.05) is 0 Å². The molecule has 0 unspecified atom stereocenters. The van der Waals surface area contributed by atoms with Crippen LogP contribution >= 0.6 is 0 Å². The van der Waals surface area contributed by atoms with Gasteiger partial charge in [0.15, 0.2) is 0 Å². The Bertz CT molecular complexity index is 334. The van der Waals surface area contributed by atoms with Crippen LogP contribution in [-0.2, 0) is 10.0 Å². The molecule has 0 heterocycles. The first kappa shape index (κ1) is 11.5. The zero-order valence-electron chi connectivity index (χ0n) is 8.58. The molecule has 1 rings (SSSR count). The maximum absolute atomic E-state index is 11.1. The lowest BCUT2D eigenvalue weighted by Gasteiger charge is -2.33. The molecule has 1 N–H and O–H groups in total. The number of sulfonamides is 1. The molecule has 0 radical (unpaired) electrons. The Labute approximate surface area is 85.4 Å². The Morgan fingerprint density at radius 2 is 1.93 bits per heavy atom. The van der Waals surface area contributed by atoms with Crippen LogP contribution in [0.15, 0.2) is 0 Å². The van der Waals surface area contributed by atoms with E-state index in [1.807, 2.05) is 0 Å². The smallest absolute Gasteiger partial charge is 0.210 e. The Morgan fingerprint density at radius 3 is 2.29 bits per heavy atom. The van der Waals surface area contributed by atoms with E-state index in [2.05, 4.69) is 17.7 Å². The average Bonchev–Trinajstić information content (AvgIpc) is 2.07. The molecule has 0 spiro atoms. The zero-order chi connectivity index (χ0) is 10.8. The van der Waals surface area contributed by atoms with Gasteiger partial charge in [-0.2, -0.15) is 9.98 Å². The Balaban J connectivity index is 2.75. The molecule has 1 aliphatic carbocycles. The highest BCUT2D eigenvalue weighted by molar-refractivity contribution is 7.88. The van der Waals surface area contributed by atoms with Crippen molar-refractivity contribution in [1.82, 2.24) is 4.72 Å². The summed E-state index contributed by atoms with van der Waals surface area (Å²) in [5.74, 6) is 0.595. The summed E-state index contributed by atoms with van der Waals surface area (Å²) in [6.07, 6.45) is 4.17. The summed E-state index contributed by atoms with van der Waals surface area (Å²) in [6, 6.07) is 2.10. The van der Waals surface area contributed by atoms with E-state index in [4.69, 9.17) is 5.26 Å². The number of nitriles is 1. The molecule has 5 heteroatoms. The maximum atomic E-state index is 11.1. The lowest BCUT2D eigenvalue weighted by atomic mass is 9.79. The van der Waals surface area contributed by atoms with Gasteiger partial charge in [0.1, 0.15) is 5.54 Å². The second-order valence-electron chi connectivity index (χ2n) is 4.25. The van der Waals surface area contributed by atoms with Crippen molar-refractivity contribution in [3.05, 3.63) is 0 Å². The maximum Gasteiger partial charge on any atom is 0.210 e. The second-order valence-corrected chi connectivity index (χ2v) is 6.00. The summed E-state index contributed by atoms with van der Waals surface area (Å²) in [7, 11) is -3.28. The van der Waals surface area contributed by atoms with Crippen LogP contribution in [0.2, 0.25) is 0 Å². The molecule has 0 aliphatic heterocycles. The molecule has 1 fully saturated rings. The van der Waals surface area contributed by atoms with E-state index < -0.39 is 15.6 Å². The zero-order valence-corrected chi connectivity index (χ0v) is 9.39. The minimum absolute atomic E-state index is 0.595. The predicted octanol–water partition coefficient (Wildman–Crippen LogP) is 1.01. The van der Waals surface area contributed by atoms with Crippen molar-refractivity contribution in [1.29, 1.82) is 5.26 Å². The van der Waals surface area contributed by atoms with Crippen molar-refractivity contribution in [3.63, 3.8) is 0 Å². The fourth-order valence-corrected chi connectivity index (χ4v) is 2.81. The molecule has 1 aliphatic rings. The molecule has 0 saturated heterocycles. The second kappa shape index (κ2) is 3.87. The van der Waals surface area contributed by atoms with E-state index in [1.165, 1.54) is 0 Å². The van der Waals surface area contributed by atoms with Gasteiger partial charge in [0.25, 0.3) is 0 Å². The molecule has 14 heavy (non-hydrogen) atoms. The van der Waals surface area contributed by atoms with E-state index in [0.29, 0.717) is 18.8 Å². The Morgan fingerprint density at radius 1 is 1.43 bits per heavy atom. The lowest BCUT2D eigenvalue weighted by Crippen LogP contribution is -2.48. The normalized spacial score (nSPS) is 33.6. The van der Waals surface area contributed by atoms with Crippen LogP contribution in [0.25, 0.3) is 0 Å². The lowest BCUT2D eigenvalue weighted by molar-refractivity contribution is 0.278. The first-order chi connectivity index (χ1) is 6.37. The third kappa shape index (κ3) is 2.96. The number of rotatable bonds is 2. The van der Waals surface area contributed by atoms with Gasteiger partial charge in [-0.05, 0) is 31.6 Å². The van der Waals surface area contributed by atoms with Gasteiger partial charge < -0.3 is 0 Å². The van der Waals surface area contributed by atoms with Crippen molar-refractivity contribution in [2.24, 2.45) is 5.92 Å². The molecular formula is C9H16N2O2S. The van der Waals surface area contributed by atoms with Gasteiger partial charge in [0.2, 0.25) is 10.0 Å². The molecule has 0 amide bonds. The van der Waals surface area contributed by atoms with Crippen LogP contribution < -0.4 is 4.72 Å². The standard InChI is InChI=1S/C9H16N2O2S/c1-8-3-5-9(7-10,6-4-8)11-14(2,12)13/h8,11H,3-6H2,1-2H3. The Hall–Kier alpha value is -0.600. The molecule has 4 nitrogen and oxygen atoms in total. The predicted molar refractivity (Wildman–Crippen MR) is 54.0 cm³/mol. The first-order valence-corrected chi connectivity index (χ1v) is 6.66. The van der Waals surface area contributed by atoms with E-state index in [-0.39, 0.29) is 0 Å². The topological polar surface area (TPSA) is 70.0 Å². The summed E-state index contributed by atoms with van der Waals surface area (Å²) >= 11 is 0. The van der Waals surface area contributed by atoms with Crippen LogP contribution in [0.5, 0.6) is 0 Å². The molecule has 0 bridgehead atoms. The molecule has 0 aromatic rings.